The molecule has 2 aromatic carbocycles. The topological polar surface area (TPSA) is 83.3 Å². The summed E-state index contributed by atoms with van der Waals surface area (Å²) in [5.74, 6) is 0.532. The van der Waals surface area contributed by atoms with E-state index in [1.807, 2.05) is 30.3 Å². The largest absolute Gasteiger partial charge is 0.508 e. The second kappa shape index (κ2) is 6.45. The number of hydrogen-bond donors (Lipinski definition) is 2. The van der Waals surface area contributed by atoms with Crippen molar-refractivity contribution < 1.29 is 5.11 Å². The molecule has 0 amide bonds. The molecular weight excluding hydrogens is 278 g/mol. The van der Waals surface area contributed by atoms with Gasteiger partial charge in [0.1, 0.15) is 5.75 Å². The minimum Gasteiger partial charge on any atom is -0.508 e. The molecular formula is C16H13N5O. The molecule has 6 heteroatoms. The minimum absolute atomic E-state index is 0.216. The number of phenolic OH excluding ortho intramolecular Hbond substituents is 1. The van der Waals surface area contributed by atoms with Crippen LogP contribution in [0.25, 0.3) is 11.3 Å². The molecule has 0 bridgehead atoms. The van der Waals surface area contributed by atoms with Gasteiger partial charge in [-0.3, -0.25) is 0 Å². The highest BCUT2D eigenvalue weighted by Crippen LogP contribution is 2.15. The van der Waals surface area contributed by atoms with Crippen molar-refractivity contribution >= 4 is 12.2 Å². The molecule has 0 atom stereocenters. The van der Waals surface area contributed by atoms with E-state index in [9.17, 15) is 5.11 Å². The lowest BCUT2D eigenvalue weighted by molar-refractivity contribution is 0.475. The van der Waals surface area contributed by atoms with Crippen LogP contribution in [0.4, 0.5) is 5.95 Å². The maximum atomic E-state index is 9.21. The summed E-state index contributed by atoms with van der Waals surface area (Å²) in [4.78, 5) is 4.35. The van der Waals surface area contributed by atoms with E-state index in [0.29, 0.717) is 5.95 Å². The van der Waals surface area contributed by atoms with Crippen LogP contribution in [0.3, 0.4) is 0 Å². The summed E-state index contributed by atoms with van der Waals surface area (Å²) in [6.45, 7) is 0. The summed E-state index contributed by atoms with van der Waals surface area (Å²) in [7, 11) is 0. The number of aromatic hydroxyl groups is 1. The van der Waals surface area contributed by atoms with Gasteiger partial charge in [-0.15, -0.1) is 5.10 Å². The summed E-state index contributed by atoms with van der Waals surface area (Å²) >= 11 is 0. The number of phenols is 1. The average molecular weight is 291 g/mol. The summed E-state index contributed by atoms with van der Waals surface area (Å²) in [6.07, 6.45) is 3.21. The van der Waals surface area contributed by atoms with Crippen LogP contribution in [-0.4, -0.2) is 26.5 Å². The zero-order valence-corrected chi connectivity index (χ0v) is 11.6. The van der Waals surface area contributed by atoms with Gasteiger partial charge in [-0.1, -0.05) is 30.3 Å². The maximum Gasteiger partial charge on any atom is 0.263 e. The van der Waals surface area contributed by atoms with Crippen molar-refractivity contribution in [2.45, 2.75) is 0 Å². The molecule has 0 aliphatic heterocycles. The van der Waals surface area contributed by atoms with Crippen LogP contribution in [0.1, 0.15) is 5.56 Å². The highest BCUT2D eigenvalue weighted by molar-refractivity contribution is 5.80. The number of hydrogen-bond acceptors (Lipinski definition) is 6. The number of hydrazone groups is 1. The Bertz CT molecular complexity index is 772. The van der Waals surface area contributed by atoms with Gasteiger partial charge >= 0.3 is 0 Å². The Morgan fingerprint density at radius 2 is 1.77 bits per heavy atom. The first-order valence-electron chi connectivity index (χ1n) is 6.64. The van der Waals surface area contributed by atoms with Gasteiger partial charge in [0.15, 0.2) is 0 Å². The molecule has 3 aromatic rings. The van der Waals surface area contributed by atoms with Crippen LogP contribution in [0, 0.1) is 0 Å². The first-order chi connectivity index (χ1) is 10.8. The number of rotatable bonds is 4. The molecule has 2 N–H and O–H groups in total. The fourth-order valence-electron chi connectivity index (χ4n) is 1.82. The van der Waals surface area contributed by atoms with Crippen molar-refractivity contribution in [1.82, 2.24) is 15.2 Å². The first kappa shape index (κ1) is 13.7. The number of aromatic nitrogens is 3. The van der Waals surface area contributed by atoms with E-state index >= 15 is 0 Å². The molecule has 0 fully saturated rings. The van der Waals surface area contributed by atoms with Gasteiger partial charge in [0, 0.05) is 5.56 Å². The Morgan fingerprint density at radius 1 is 1.00 bits per heavy atom. The summed E-state index contributed by atoms with van der Waals surface area (Å²) in [5, 5.41) is 21.1. The van der Waals surface area contributed by atoms with E-state index in [4.69, 9.17) is 0 Å². The van der Waals surface area contributed by atoms with Gasteiger partial charge in [-0.25, -0.2) is 10.4 Å². The number of nitrogens with zero attached hydrogens (tertiary/aromatic N) is 4. The van der Waals surface area contributed by atoms with Gasteiger partial charge < -0.3 is 5.11 Å². The third-order valence-electron chi connectivity index (χ3n) is 2.90. The molecule has 0 radical (unpaired) electrons. The summed E-state index contributed by atoms with van der Waals surface area (Å²) < 4.78 is 0. The second-order valence-corrected chi connectivity index (χ2v) is 4.49. The highest BCUT2D eigenvalue weighted by Gasteiger charge is 2.01. The fourth-order valence-corrected chi connectivity index (χ4v) is 1.82. The van der Waals surface area contributed by atoms with Crippen LogP contribution in [0.5, 0.6) is 5.75 Å². The number of anilines is 1. The summed E-state index contributed by atoms with van der Waals surface area (Å²) in [6, 6.07) is 16.4. The van der Waals surface area contributed by atoms with Gasteiger partial charge in [0.2, 0.25) is 0 Å². The van der Waals surface area contributed by atoms with Crippen molar-refractivity contribution in [2.75, 3.05) is 5.43 Å². The molecule has 1 heterocycles. The number of nitrogens with one attached hydrogen (secondary N) is 1. The van der Waals surface area contributed by atoms with Crippen molar-refractivity contribution in [1.29, 1.82) is 0 Å². The zero-order chi connectivity index (χ0) is 15.2. The third-order valence-corrected chi connectivity index (χ3v) is 2.90. The predicted octanol–water partition coefficient (Wildman–Crippen LogP) is 2.69. The Hall–Kier alpha value is -3.28. The molecule has 0 aliphatic carbocycles. The minimum atomic E-state index is 0.216. The molecule has 22 heavy (non-hydrogen) atoms. The smallest absolute Gasteiger partial charge is 0.263 e. The first-order valence-corrected chi connectivity index (χ1v) is 6.64. The Balaban J connectivity index is 1.72. The van der Waals surface area contributed by atoms with Gasteiger partial charge in [-0.05, 0) is 29.8 Å². The molecule has 0 aliphatic rings. The Labute approximate surface area is 127 Å². The van der Waals surface area contributed by atoms with E-state index < -0.39 is 0 Å². The van der Waals surface area contributed by atoms with Crippen molar-refractivity contribution in [3.05, 3.63) is 66.4 Å². The standard InChI is InChI=1S/C16H13N5O/c22-14-8-6-12(7-9-14)10-17-20-16-19-15(11-18-21-16)13-4-2-1-3-5-13/h1-11,22H,(H,19,20,21)/b17-10-. The lowest BCUT2D eigenvalue weighted by Crippen LogP contribution is -1.99. The van der Waals surface area contributed by atoms with Gasteiger partial charge in [0.25, 0.3) is 5.95 Å². The molecule has 1 aromatic heterocycles. The van der Waals surface area contributed by atoms with Crippen molar-refractivity contribution in [3.8, 4) is 17.0 Å². The molecule has 0 spiro atoms. The highest BCUT2D eigenvalue weighted by atomic mass is 16.3. The van der Waals surface area contributed by atoms with E-state index in [2.05, 4.69) is 25.7 Å². The molecule has 0 saturated heterocycles. The molecule has 0 unspecified atom stereocenters. The Morgan fingerprint density at radius 3 is 2.55 bits per heavy atom. The van der Waals surface area contributed by atoms with E-state index in [1.165, 1.54) is 0 Å². The lowest BCUT2D eigenvalue weighted by Gasteiger charge is -2.02. The molecule has 6 nitrogen and oxygen atoms in total. The van der Waals surface area contributed by atoms with Crippen molar-refractivity contribution in [2.24, 2.45) is 5.10 Å². The van der Waals surface area contributed by atoms with Crippen LogP contribution in [-0.2, 0) is 0 Å². The fraction of sp³-hybridized carbons (Fsp3) is 0. The predicted molar refractivity (Wildman–Crippen MR) is 84.6 cm³/mol. The quantitative estimate of drug-likeness (QED) is 0.570. The van der Waals surface area contributed by atoms with E-state index in [-0.39, 0.29) is 5.75 Å². The summed E-state index contributed by atoms with van der Waals surface area (Å²) in [5.41, 5.74) is 5.27. The zero-order valence-electron chi connectivity index (χ0n) is 11.6. The van der Waals surface area contributed by atoms with Crippen LogP contribution >= 0.6 is 0 Å². The SMILES string of the molecule is Oc1ccc(/C=N\Nc2nncc(-c3ccccc3)n2)cc1. The van der Waals surface area contributed by atoms with Gasteiger partial charge in [0.05, 0.1) is 18.1 Å². The van der Waals surface area contributed by atoms with Gasteiger partial charge in [-0.2, -0.15) is 10.2 Å². The normalized spacial score (nSPS) is 10.7. The molecule has 0 saturated carbocycles. The second-order valence-electron chi connectivity index (χ2n) is 4.49. The van der Waals surface area contributed by atoms with Crippen molar-refractivity contribution in [3.63, 3.8) is 0 Å². The Kier molecular flexibility index (Phi) is 4.01. The molecule has 3 rings (SSSR count). The lowest BCUT2D eigenvalue weighted by atomic mass is 10.2. The number of benzene rings is 2. The maximum absolute atomic E-state index is 9.21. The molecule has 108 valence electrons. The average Bonchev–Trinajstić information content (AvgIpc) is 2.58. The van der Waals surface area contributed by atoms with Crippen LogP contribution in [0.15, 0.2) is 65.9 Å². The van der Waals surface area contributed by atoms with E-state index in [1.54, 1.807) is 36.7 Å². The monoisotopic (exact) mass is 291 g/mol. The third kappa shape index (κ3) is 3.43. The van der Waals surface area contributed by atoms with E-state index in [0.717, 1.165) is 16.8 Å². The van der Waals surface area contributed by atoms with Crippen LogP contribution in [0.2, 0.25) is 0 Å². The van der Waals surface area contributed by atoms with Crippen LogP contribution < -0.4 is 5.43 Å².